The molecule has 1 aliphatic heterocycles. The van der Waals surface area contributed by atoms with E-state index in [0.717, 1.165) is 18.7 Å². The molecule has 0 amide bonds. The molecule has 2 aromatic rings. The van der Waals surface area contributed by atoms with Crippen LogP contribution in [-0.4, -0.2) is 41.3 Å². The fourth-order valence-electron chi connectivity index (χ4n) is 3.50. The van der Waals surface area contributed by atoms with E-state index in [4.69, 9.17) is 4.42 Å². The summed E-state index contributed by atoms with van der Waals surface area (Å²) in [5.41, 5.74) is 3.72. The van der Waals surface area contributed by atoms with Crippen LogP contribution in [-0.2, 0) is 17.4 Å². The maximum atomic E-state index is 5.98. The second-order valence-corrected chi connectivity index (χ2v) is 10.0. The number of nitrogens with zero attached hydrogens (tertiary/aromatic N) is 3. The van der Waals surface area contributed by atoms with E-state index in [2.05, 4.69) is 80.2 Å². The van der Waals surface area contributed by atoms with Crippen LogP contribution in [0.1, 0.15) is 71.4 Å². The Labute approximate surface area is 169 Å². The molecule has 0 bridgehead atoms. The van der Waals surface area contributed by atoms with Gasteiger partial charge in [-0.15, -0.1) is 10.2 Å². The van der Waals surface area contributed by atoms with Gasteiger partial charge in [-0.1, -0.05) is 47.6 Å². The lowest BCUT2D eigenvalue weighted by Gasteiger charge is -2.25. The Morgan fingerprint density at radius 3 is 2.11 bits per heavy atom. The maximum absolute atomic E-state index is 5.98. The summed E-state index contributed by atoms with van der Waals surface area (Å²) < 4.78 is 5.98. The molecule has 28 heavy (non-hydrogen) atoms. The lowest BCUT2D eigenvalue weighted by molar-refractivity contribution is 0.332. The largest absolute Gasteiger partial charge is 0.419 e. The van der Waals surface area contributed by atoms with Crippen LogP contribution >= 0.6 is 0 Å². The van der Waals surface area contributed by atoms with Crippen molar-refractivity contribution < 1.29 is 4.42 Å². The van der Waals surface area contributed by atoms with E-state index in [-0.39, 0.29) is 10.8 Å². The van der Waals surface area contributed by atoms with Gasteiger partial charge in [-0.25, -0.2) is 0 Å². The zero-order chi connectivity index (χ0) is 20.4. The molecule has 0 atom stereocenters. The molecule has 154 valence electrons. The third-order valence-corrected chi connectivity index (χ3v) is 5.46. The first kappa shape index (κ1) is 21.0. The molecular weight excluding hydrogens is 348 g/mol. The van der Waals surface area contributed by atoms with Crippen LogP contribution in [0.25, 0.3) is 11.5 Å². The van der Waals surface area contributed by atoms with Gasteiger partial charge in [-0.05, 0) is 60.0 Å². The Bertz CT molecular complexity index is 744. The van der Waals surface area contributed by atoms with Gasteiger partial charge in [0.25, 0.3) is 0 Å². The van der Waals surface area contributed by atoms with E-state index in [1.807, 2.05) is 0 Å². The smallest absolute Gasteiger partial charge is 0.247 e. The molecule has 1 aromatic heterocycles. The molecule has 1 fully saturated rings. The topological polar surface area (TPSA) is 54.2 Å². The van der Waals surface area contributed by atoms with E-state index in [0.29, 0.717) is 18.3 Å². The predicted molar refractivity (Wildman–Crippen MR) is 115 cm³/mol. The van der Waals surface area contributed by atoms with Gasteiger partial charge in [0.15, 0.2) is 0 Å². The first-order chi connectivity index (χ1) is 13.1. The van der Waals surface area contributed by atoms with Crippen LogP contribution in [0.5, 0.6) is 0 Å². The normalized spacial score (nSPS) is 16.1. The van der Waals surface area contributed by atoms with Crippen molar-refractivity contribution in [2.45, 2.75) is 71.8 Å². The second-order valence-electron chi connectivity index (χ2n) is 10.0. The molecule has 1 aromatic carbocycles. The monoisotopic (exact) mass is 384 g/mol. The minimum absolute atomic E-state index is 0.0655. The highest BCUT2D eigenvalue weighted by Gasteiger charge is 2.22. The van der Waals surface area contributed by atoms with Gasteiger partial charge < -0.3 is 14.6 Å². The number of nitrogens with one attached hydrogen (secondary N) is 1. The van der Waals surface area contributed by atoms with Crippen LogP contribution < -0.4 is 5.32 Å². The van der Waals surface area contributed by atoms with Gasteiger partial charge in [0.1, 0.15) is 0 Å². The number of aromatic nitrogens is 2. The zero-order valence-electron chi connectivity index (χ0n) is 18.4. The van der Waals surface area contributed by atoms with Crippen LogP contribution in [0.4, 0.5) is 0 Å². The Hall–Kier alpha value is -1.72. The predicted octanol–water partition coefficient (Wildman–Crippen LogP) is 4.52. The quantitative estimate of drug-likeness (QED) is 0.742. The van der Waals surface area contributed by atoms with E-state index in [9.17, 15) is 0 Å². The van der Waals surface area contributed by atoms with E-state index in [1.165, 1.54) is 37.1 Å². The van der Waals surface area contributed by atoms with Crippen molar-refractivity contribution in [1.29, 1.82) is 0 Å². The van der Waals surface area contributed by atoms with Gasteiger partial charge in [0.05, 0.1) is 6.54 Å². The van der Waals surface area contributed by atoms with Crippen molar-refractivity contribution >= 4 is 0 Å². The van der Waals surface area contributed by atoms with E-state index < -0.39 is 0 Å². The fraction of sp³-hybridized carbons (Fsp3) is 0.652. The van der Waals surface area contributed by atoms with Crippen LogP contribution in [0, 0.1) is 0 Å². The second kappa shape index (κ2) is 8.34. The number of rotatable bonds is 6. The lowest BCUT2D eigenvalue weighted by atomic mass is 9.79. The molecule has 0 aliphatic carbocycles. The average molecular weight is 385 g/mol. The summed E-state index contributed by atoms with van der Waals surface area (Å²) in [6, 6.07) is 6.68. The SMILES string of the molecule is CC(C)(C)c1cc(-c2nnc(CNCCN3CCCC3)o2)cc(C(C)(C)C)c1. The molecule has 1 aliphatic rings. The third-order valence-electron chi connectivity index (χ3n) is 5.46. The van der Waals surface area contributed by atoms with E-state index >= 15 is 0 Å². The summed E-state index contributed by atoms with van der Waals surface area (Å²) in [6.07, 6.45) is 2.66. The Balaban J connectivity index is 1.70. The molecule has 0 radical (unpaired) electrons. The van der Waals surface area contributed by atoms with Crippen molar-refractivity contribution in [2.75, 3.05) is 26.2 Å². The summed E-state index contributed by atoms with van der Waals surface area (Å²) in [5, 5.41) is 12.0. The molecule has 5 heteroatoms. The Morgan fingerprint density at radius 1 is 0.929 bits per heavy atom. The lowest BCUT2D eigenvalue weighted by Crippen LogP contribution is -2.29. The van der Waals surface area contributed by atoms with Crippen molar-refractivity contribution in [3.05, 3.63) is 35.2 Å². The molecule has 0 saturated carbocycles. The van der Waals surface area contributed by atoms with Gasteiger partial charge in [-0.3, -0.25) is 0 Å². The van der Waals surface area contributed by atoms with Gasteiger partial charge in [0, 0.05) is 18.7 Å². The van der Waals surface area contributed by atoms with Gasteiger partial charge in [0.2, 0.25) is 11.8 Å². The number of hydrogen-bond donors (Lipinski definition) is 1. The van der Waals surface area contributed by atoms with Crippen molar-refractivity contribution in [3.63, 3.8) is 0 Å². The number of hydrogen-bond acceptors (Lipinski definition) is 5. The first-order valence-electron chi connectivity index (χ1n) is 10.5. The highest BCUT2D eigenvalue weighted by Crippen LogP contribution is 2.33. The molecule has 3 rings (SSSR count). The number of likely N-dealkylation sites (tertiary alicyclic amines) is 1. The van der Waals surface area contributed by atoms with Crippen LogP contribution in [0.15, 0.2) is 22.6 Å². The minimum Gasteiger partial charge on any atom is -0.419 e. The molecule has 0 unspecified atom stereocenters. The summed E-state index contributed by atoms with van der Waals surface area (Å²) in [7, 11) is 0. The van der Waals surface area contributed by atoms with Gasteiger partial charge in [-0.2, -0.15) is 0 Å². The summed E-state index contributed by atoms with van der Waals surface area (Å²) >= 11 is 0. The van der Waals surface area contributed by atoms with E-state index in [1.54, 1.807) is 0 Å². The first-order valence-corrected chi connectivity index (χ1v) is 10.5. The molecular formula is C23H36N4O. The Morgan fingerprint density at radius 2 is 1.54 bits per heavy atom. The fourth-order valence-corrected chi connectivity index (χ4v) is 3.50. The highest BCUT2D eigenvalue weighted by molar-refractivity contribution is 5.57. The third kappa shape index (κ3) is 5.42. The van der Waals surface area contributed by atoms with Crippen molar-refractivity contribution in [2.24, 2.45) is 0 Å². The summed E-state index contributed by atoms with van der Waals surface area (Å²) in [4.78, 5) is 2.50. The van der Waals surface area contributed by atoms with Gasteiger partial charge >= 0.3 is 0 Å². The minimum atomic E-state index is 0.0655. The number of benzene rings is 1. The molecule has 1 N–H and O–H groups in total. The maximum Gasteiger partial charge on any atom is 0.247 e. The summed E-state index contributed by atoms with van der Waals surface area (Å²) in [6.45, 7) is 18.5. The summed E-state index contributed by atoms with van der Waals surface area (Å²) in [5.74, 6) is 1.25. The highest BCUT2D eigenvalue weighted by atomic mass is 16.4. The average Bonchev–Trinajstić information content (AvgIpc) is 3.29. The molecule has 1 saturated heterocycles. The standard InChI is InChI=1S/C23H36N4O/c1-22(2,3)18-13-17(14-19(15-18)23(4,5)6)21-26-25-20(28-21)16-24-9-12-27-10-7-8-11-27/h13-15,24H,7-12,16H2,1-6H3. The molecule has 5 nitrogen and oxygen atoms in total. The van der Waals surface area contributed by atoms with Crippen molar-refractivity contribution in [3.8, 4) is 11.5 Å². The van der Waals surface area contributed by atoms with Crippen molar-refractivity contribution in [1.82, 2.24) is 20.4 Å². The zero-order valence-corrected chi connectivity index (χ0v) is 18.4. The molecule has 2 heterocycles. The van der Waals surface area contributed by atoms with Crippen LogP contribution in [0.2, 0.25) is 0 Å². The Kier molecular flexibility index (Phi) is 6.25. The van der Waals surface area contributed by atoms with Crippen LogP contribution in [0.3, 0.4) is 0 Å². The molecule has 0 spiro atoms.